The van der Waals surface area contributed by atoms with Crippen molar-refractivity contribution in [2.24, 2.45) is 0 Å². The van der Waals surface area contributed by atoms with Crippen LogP contribution in [0.2, 0.25) is 0 Å². The summed E-state index contributed by atoms with van der Waals surface area (Å²) in [6, 6.07) is 0. The molecule has 0 spiro atoms. The summed E-state index contributed by atoms with van der Waals surface area (Å²) >= 11 is 0. The van der Waals surface area contributed by atoms with Crippen molar-refractivity contribution in [2.45, 2.75) is 41.5 Å². The fourth-order valence-corrected chi connectivity index (χ4v) is 3.39. The minimum absolute atomic E-state index is 0.0799. The van der Waals surface area contributed by atoms with Gasteiger partial charge in [-0.05, 0) is 65.3 Å². The topological polar surface area (TPSA) is 86.0 Å². The van der Waals surface area contributed by atoms with Gasteiger partial charge in [-0.1, -0.05) is 0 Å². The third-order valence-electron chi connectivity index (χ3n) is 4.42. The third-order valence-corrected chi connectivity index (χ3v) is 4.42. The number of hydrogen-bond acceptors (Lipinski definition) is 3. The average molecular weight is 296 g/mol. The van der Waals surface area contributed by atoms with E-state index in [2.05, 4.69) is 51.4 Å². The van der Waals surface area contributed by atoms with E-state index in [0.29, 0.717) is 0 Å². The van der Waals surface area contributed by atoms with Crippen LogP contribution in [0.5, 0.6) is 0 Å². The molecule has 0 aliphatic rings. The second-order valence-corrected chi connectivity index (χ2v) is 5.98. The second kappa shape index (κ2) is 5.16. The lowest BCUT2D eigenvalue weighted by molar-refractivity contribution is 1.02. The fraction of sp³-hybridized carbons (Fsp3) is 0.400. The Hall–Kier alpha value is -2.31. The van der Waals surface area contributed by atoms with Gasteiger partial charge in [-0.15, -0.1) is 0 Å². The van der Waals surface area contributed by atoms with E-state index >= 15 is 0 Å². The smallest absolute Gasteiger partial charge is 0.0220 e. The van der Waals surface area contributed by atoms with Gasteiger partial charge in [0.2, 0.25) is 0 Å². The normalized spacial score (nSPS) is 11.6. The summed E-state index contributed by atoms with van der Waals surface area (Å²) in [5, 5.41) is 22.5. The number of nitrogens with one attached hydrogen (secondary N) is 3. The zero-order chi connectivity index (χ0) is 16.0. The first-order chi connectivity index (χ1) is 10.4. The van der Waals surface area contributed by atoms with Crippen molar-refractivity contribution in [3.8, 4) is 0 Å². The molecule has 0 bridgehead atoms. The molecular formula is C15H21BN6-. The molecular weight excluding hydrogens is 275 g/mol. The predicted molar refractivity (Wildman–Crippen MR) is 88.8 cm³/mol. The quantitative estimate of drug-likeness (QED) is 0.604. The van der Waals surface area contributed by atoms with Crippen molar-refractivity contribution in [1.82, 2.24) is 30.6 Å². The minimum Gasteiger partial charge on any atom is -0.286 e. The fourth-order valence-electron chi connectivity index (χ4n) is 3.39. The standard InChI is InChI=1S/C15H21BN6/c1-7-13(8(2)18-17-7)16(14-9(3)19-20-10(14)4)15-11(5)21-22-12(15)6/h1-6H3,(H,17,18)(H,19,20)(H,21,22)/q-1. The Morgan fingerprint density at radius 2 is 0.818 bits per heavy atom. The number of aromatic amines is 3. The Bertz CT molecular complexity index is 657. The lowest BCUT2D eigenvalue weighted by atomic mass is 9.35. The van der Waals surface area contributed by atoms with Gasteiger partial charge >= 0.3 is 0 Å². The van der Waals surface area contributed by atoms with Crippen LogP contribution in [0.1, 0.15) is 34.2 Å². The molecule has 0 saturated heterocycles. The molecule has 0 saturated carbocycles. The molecule has 6 nitrogen and oxygen atoms in total. The van der Waals surface area contributed by atoms with Crippen molar-refractivity contribution in [3.05, 3.63) is 34.2 Å². The minimum atomic E-state index is 0.0799. The molecule has 0 aliphatic carbocycles. The zero-order valence-electron chi connectivity index (χ0n) is 13.9. The maximum absolute atomic E-state index is 4.39. The summed E-state index contributed by atoms with van der Waals surface area (Å²) in [4.78, 5) is 0. The van der Waals surface area contributed by atoms with Crippen LogP contribution in [-0.2, 0) is 0 Å². The van der Waals surface area contributed by atoms with Crippen molar-refractivity contribution < 1.29 is 0 Å². The van der Waals surface area contributed by atoms with E-state index in [1.165, 1.54) is 16.4 Å². The maximum Gasteiger partial charge on any atom is 0.0220 e. The highest BCUT2D eigenvalue weighted by Crippen LogP contribution is 2.07. The average Bonchev–Trinajstić information content (AvgIpc) is 3.08. The van der Waals surface area contributed by atoms with Crippen LogP contribution in [0.3, 0.4) is 0 Å². The van der Waals surface area contributed by atoms with Gasteiger partial charge in [0, 0.05) is 17.1 Å². The van der Waals surface area contributed by atoms with Gasteiger partial charge in [-0.3, -0.25) is 15.3 Å². The molecule has 3 rings (SSSR count). The van der Waals surface area contributed by atoms with Crippen LogP contribution in [0.4, 0.5) is 0 Å². The first-order valence-corrected chi connectivity index (χ1v) is 7.46. The van der Waals surface area contributed by atoms with Crippen molar-refractivity contribution in [1.29, 1.82) is 0 Å². The van der Waals surface area contributed by atoms with Gasteiger partial charge in [-0.25, -0.2) is 0 Å². The van der Waals surface area contributed by atoms with Crippen LogP contribution in [-0.4, -0.2) is 37.3 Å². The van der Waals surface area contributed by atoms with Gasteiger partial charge in [0.25, 0.3) is 0 Å². The molecule has 7 heteroatoms. The number of rotatable bonds is 3. The highest BCUT2D eigenvalue weighted by Gasteiger charge is 2.20. The largest absolute Gasteiger partial charge is 0.286 e. The summed E-state index contributed by atoms with van der Waals surface area (Å²) in [6.07, 6.45) is 0. The van der Waals surface area contributed by atoms with Gasteiger partial charge in [0.15, 0.2) is 0 Å². The summed E-state index contributed by atoms with van der Waals surface area (Å²) in [5.74, 6) is 0. The molecule has 22 heavy (non-hydrogen) atoms. The SMILES string of the molecule is Cc1n[nH]c(C)c1[B-](c1c(C)n[nH]c1C)c1c(C)n[nH]c1C. The van der Waals surface area contributed by atoms with Gasteiger partial charge in [0.1, 0.15) is 0 Å². The summed E-state index contributed by atoms with van der Waals surface area (Å²) in [5.41, 5.74) is 9.93. The monoisotopic (exact) mass is 296 g/mol. The zero-order valence-corrected chi connectivity index (χ0v) is 13.9. The Morgan fingerprint density at radius 1 is 0.545 bits per heavy atom. The molecule has 115 valence electrons. The van der Waals surface area contributed by atoms with Crippen molar-refractivity contribution in [3.63, 3.8) is 0 Å². The molecule has 1 radical (unpaired) electrons. The molecule has 0 unspecified atom stereocenters. The number of nitrogens with zero attached hydrogens (tertiary/aromatic N) is 3. The van der Waals surface area contributed by atoms with Gasteiger partial charge < -0.3 is 0 Å². The van der Waals surface area contributed by atoms with Crippen LogP contribution < -0.4 is 16.4 Å². The van der Waals surface area contributed by atoms with Crippen LogP contribution in [0.25, 0.3) is 0 Å². The van der Waals surface area contributed by atoms with Gasteiger partial charge in [0.05, 0.1) is 0 Å². The lowest BCUT2D eigenvalue weighted by Crippen LogP contribution is -2.56. The lowest BCUT2D eigenvalue weighted by Gasteiger charge is -2.31. The molecule has 3 aromatic heterocycles. The summed E-state index contributed by atoms with van der Waals surface area (Å²) in [6.45, 7) is 12.4. The van der Waals surface area contributed by atoms with E-state index in [9.17, 15) is 0 Å². The second-order valence-electron chi connectivity index (χ2n) is 5.98. The van der Waals surface area contributed by atoms with Crippen LogP contribution >= 0.6 is 0 Å². The molecule has 0 aromatic carbocycles. The number of H-pyrrole nitrogens is 3. The molecule has 0 fully saturated rings. The Morgan fingerprint density at radius 3 is 1.00 bits per heavy atom. The molecule has 0 aliphatic heterocycles. The first kappa shape index (κ1) is 14.6. The number of aryl methyl sites for hydroxylation is 6. The molecule has 3 N–H and O–H groups in total. The first-order valence-electron chi connectivity index (χ1n) is 7.46. The summed E-state index contributed by atoms with van der Waals surface area (Å²) in [7, 11) is 0. The van der Waals surface area contributed by atoms with E-state index in [0.717, 1.165) is 34.2 Å². The number of hydrogen-bond donors (Lipinski definition) is 3. The van der Waals surface area contributed by atoms with Crippen molar-refractivity contribution in [2.75, 3.05) is 0 Å². The van der Waals surface area contributed by atoms with E-state index in [4.69, 9.17) is 0 Å². The number of aromatic nitrogens is 6. The van der Waals surface area contributed by atoms with Crippen LogP contribution in [0, 0.1) is 41.5 Å². The molecule has 3 aromatic rings. The molecule has 3 heterocycles. The maximum atomic E-state index is 4.39. The molecule has 0 amide bonds. The summed E-state index contributed by atoms with van der Waals surface area (Å²) < 4.78 is 0. The Kier molecular flexibility index (Phi) is 3.43. The van der Waals surface area contributed by atoms with Crippen molar-refractivity contribution >= 4 is 23.1 Å². The Balaban J connectivity index is 2.34. The highest BCUT2D eigenvalue weighted by molar-refractivity contribution is 6.96. The van der Waals surface area contributed by atoms with Gasteiger partial charge in [-0.2, -0.15) is 31.7 Å². The molecule has 0 atom stereocenters. The highest BCUT2D eigenvalue weighted by atomic mass is 15.1. The van der Waals surface area contributed by atoms with E-state index < -0.39 is 0 Å². The van der Waals surface area contributed by atoms with E-state index in [1.54, 1.807) is 0 Å². The predicted octanol–water partition coefficient (Wildman–Crippen LogP) is 0.223. The third kappa shape index (κ3) is 2.08. The Labute approximate surface area is 130 Å². The van der Waals surface area contributed by atoms with E-state index in [-0.39, 0.29) is 6.71 Å². The van der Waals surface area contributed by atoms with Crippen LogP contribution in [0.15, 0.2) is 0 Å². The van der Waals surface area contributed by atoms with E-state index in [1.807, 2.05) is 20.8 Å².